The highest BCUT2D eigenvalue weighted by Crippen LogP contribution is 2.23. The number of carboxylic acid groups (broad SMARTS) is 1. The maximum Gasteiger partial charge on any atom is 0.410 e. The predicted molar refractivity (Wildman–Crippen MR) is 102 cm³/mol. The maximum absolute atomic E-state index is 14.8. The first-order chi connectivity index (χ1) is 13.5. The molecular weight excluding hydrogens is 363 g/mol. The summed E-state index contributed by atoms with van der Waals surface area (Å²) in [5.74, 6) is 0. The number of hydrogen-bond acceptors (Lipinski definition) is 3. The van der Waals surface area contributed by atoms with Gasteiger partial charge in [-0.3, -0.25) is 4.90 Å². The molecule has 0 spiro atoms. The Morgan fingerprint density at radius 3 is 2.25 bits per heavy atom. The number of alkyl halides is 1. The van der Waals surface area contributed by atoms with Crippen LogP contribution in [0.5, 0.6) is 0 Å². The van der Waals surface area contributed by atoms with Gasteiger partial charge in [-0.05, 0) is 17.5 Å². The topological polar surface area (TPSA) is 70.1 Å². The molecule has 1 aliphatic rings. The molecule has 1 heterocycles. The summed E-state index contributed by atoms with van der Waals surface area (Å²) in [5, 5.41) is 9.09. The number of carbonyl (C=O) groups is 2. The summed E-state index contributed by atoms with van der Waals surface area (Å²) >= 11 is 0. The lowest BCUT2D eigenvalue weighted by Crippen LogP contribution is -2.55. The average molecular weight is 386 g/mol. The van der Waals surface area contributed by atoms with Gasteiger partial charge in [0.05, 0.1) is 12.6 Å². The fraction of sp³-hybridized carbons (Fsp3) is 0.333. The number of hydrogen-bond donors (Lipinski definition) is 1. The van der Waals surface area contributed by atoms with Crippen LogP contribution in [0.15, 0.2) is 60.7 Å². The normalized spacial score (nSPS) is 19.1. The Kier molecular flexibility index (Phi) is 6.47. The highest BCUT2D eigenvalue weighted by molar-refractivity contribution is 5.69. The summed E-state index contributed by atoms with van der Waals surface area (Å²) in [4.78, 5) is 26.3. The molecule has 1 aliphatic heterocycles. The Morgan fingerprint density at radius 1 is 1.07 bits per heavy atom. The summed E-state index contributed by atoms with van der Waals surface area (Å²) < 4.78 is 20.2. The van der Waals surface area contributed by atoms with Crippen LogP contribution in [-0.4, -0.2) is 52.4 Å². The Bertz CT molecular complexity index is 788. The van der Waals surface area contributed by atoms with E-state index in [0.717, 1.165) is 16.0 Å². The maximum atomic E-state index is 14.8. The number of benzene rings is 2. The van der Waals surface area contributed by atoms with E-state index in [4.69, 9.17) is 9.84 Å². The summed E-state index contributed by atoms with van der Waals surface area (Å²) in [5.41, 5.74) is 1.69. The first-order valence-corrected chi connectivity index (χ1v) is 9.18. The van der Waals surface area contributed by atoms with Crippen molar-refractivity contribution in [2.75, 3.05) is 13.1 Å². The molecule has 1 N–H and O–H groups in total. The third-order valence-electron chi connectivity index (χ3n) is 4.81. The Balaban J connectivity index is 1.73. The van der Waals surface area contributed by atoms with Gasteiger partial charge in [0.2, 0.25) is 0 Å². The van der Waals surface area contributed by atoms with E-state index in [0.29, 0.717) is 0 Å². The summed E-state index contributed by atoms with van der Waals surface area (Å²) in [6, 6.07) is 17.8. The quantitative estimate of drug-likeness (QED) is 0.846. The molecule has 6 nitrogen and oxygen atoms in total. The summed E-state index contributed by atoms with van der Waals surface area (Å²) in [7, 11) is 0. The van der Waals surface area contributed by atoms with Crippen molar-refractivity contribution in [3.63, 3.8) is 0 Å². The smallest absolute Gasteiger partial charge is 0.410 e. The predicted octanol–water partition coefficient (Wildman–Crippen LogP) is 3.92. The second kappa shape index (κ2) is 9.21. The molecule has 2 unspecified atom stereocenters. The van der Waals surface area contributed by atoms with E-state index < -0.39 is 24.4 Å². The van der Waals surface area contributed by atoms with Crippen LogP contribution in [0.3, 0.4) is 0 Å². The minimum absolute atomic E-state index is 0.0931. The van der Waals surface area contributed by atoms with E-state index in [9.17, 15) is 14.0 Å². The largest absolute Gasteiger partial charge is 0.465 e. The second-order valence-corrected chi connectivity index (χ2v) is 6.75. The van der Waals surface area contributed by atoms with Gasteiger partial charge in [0, 0.05) is 13.1 Å². The molecule has 0 aromatic heterocycles. The number of halogens is 1. The van der Waals surface area contributed by atoms with E-state index >= 15 is 0 Å². The Hall–Kier alpha value is -3.09. The molecule has 1 fully saturated rings. The first kappa shape index (κ1) is 19.7. The fourth-order valence-electron chi connectivity index (χ4n) is 3.32. The fourth-order valence-corrected chi connectivity index (χ4v) is 3.32. The van der Waals surface area contributed by atoms with Crippen LogP contribution >= 0.6 is 0 Å². The molecule has 28 heavy (non-hydrogen) atoms. The lowest BCUT2D eigenvalue weighted by Gasteiger charge is -2.39. The third kappa shape index (κ3) is 5.00. The molecule has 0 saturated carbocycles. The van der Waals surface area contributed by atoms with Crippen molar-refractivity contribution in [3.05, 3.63) is 71.8 Å². The number of ether oxygens (including phenoxy) is 1. The zero-order valence-electron chi connectivity index (χ0n) is 15.4. The molecule has 1 saturated heterocycles. The molecule has 2 aromatic carbocycles. The lowest BCUT2D eigenvalue weighted by molar-refractivity contribution is 0.0202. The van der Waals surface area contributed by atoms with Crippen LogP contribution in [-0.2, 0) is 17.9 Å². The molecule has 2 aromatic rings. The third-order valence-corrected chi connectivity index (χ3v) is 4.81. The second-order valence-electron chi connectivity index (χ2n) is 6.75. The summed E-state index contributed by atoms with van der Waals surface area (Å²) in [6.07, 6.45) is -3.01. The highest BCUT2D eigenvalue weighted by Gasteiger charge is 2.38. The van der Waals surface area contributed by atoms with Crippen molar-refractivity contribution in [2.45, 2.75) is 31.8 Å². The minimum Gasteiger partial charge on any atom is -0.465 e. The van der Waals surface area contributed by atoms with Gasteiger partial charge in [-0.25, -0.2) is 14.0 Å². The van der Waals surface area contributed by atoms with Gasteiger partial charge in [-0.1, -0.05) is 60.7 Å². The van der Waals surface area contributed by atoms with E-state index in [1.165, 1.54) is 4.90 Å². The lowest BCUT2D eigenvalue weighted by atomic mass is 10.0. The highest BCUT2D eigenvalue weighted by atomic mass is 19.1. The van der Waals surface area contributed by atoms with E-state index in [2.05, 4.69) is 0 Å². The van der Waals surface area contributed by atoms with Crippen LogP contribution in [0.1, 0.15) is 17.5 Å². The van der Waals surface area contributed by atoms with Crippen LogP contribution in [0.4, 0.5) is 14.0 Å². The van der Waals surface area contributed by atoms with E-state index in [-0.39, 0.29) is 32.7 Å². The molecular formula is C21H23FN2O4. The van der Waals surface area contributed by atoms with Gasteiger partial charge in [-0.15, -0.1) is 0 Å². The molecule has 0 radical (unpaired) electrons. The Labute approximate surface area is 163 Å². The standard InChI is InChI=1S/C21H23FN2O4/c22-18-14-23(20(25)26)12-11-19(18)24(13-16-7-3-1-4-8-16)21(27)28-15-17-9-5-2-6-10-17/h1-10,18-19H,11-15H2,(H,25,26). The van der Waals surface area contributed by atoms with Crippen LogP contribution in [0.2, 0.25) is 0 Å². The van der Waals surface area contributed by atoms with Crippen molar-refractivity contribution >= 4 is 12.2 Å². The molecule has 3 rings (SSSR count). The van der Waals surface area contributed by atoms with Crippen molar-refractivity contribution in [1.82, 2.24) is 9.80 Å². The van der Waals surface area contributed by atoms with E-state index in [1.54, 1.807) is 0 Å². The number of amides is 2. The van der Waals surface area contributed by atoms with Crippen molar-refractivity contribution in [1.29, 1.82) is 0 Å². The number of rotatable bonds is 5. The molecule has 0 aliphatic carbocycles. The van der Waals surface area contributed by atoms with Gasteiger partial charge in [0.15, 0.2) is 0 Å². The zero-order valence-corrected chi connectivity index (χ0v) is 15.4. The van der Waals surface area contributed by atoms with Crippen LogP contribution in [0, 0.1) is 0 Å². The average Bonchev–Trinajstić information content (AvgIpc) is 2.72. The molecule has 2 atom stereocenters. The van der Waals surface area contributed by atoms with E-state index in [1.807, 2.05) is 60.7 Å². The van der Waals surface area contributed by atoms with Gasteiger partial charge in [0.25, 0.3) is 0 Å². The van der Waals surface area contributed by atoms with Gasteiger partial charge >= 0.3 is 12.2 Å². The molecule has 7 heteroatoms. The SMILES string of the molecule is O=C(O)N1CCC(N(Cc2ccccc2)C(=O)OCc2ccccc2)C(F)C1. The molecule has 2 amide bonds. The van der Waals surface area contributed by atoms with Crippen LogP contribution < -0.4 is 0 Å². The monoisotopic (exact) mass is 386 g/mol. The zero-order chi connectivity index (χ0) is 19.9. The summed E-state index contributed by atoms with van der Waals surface area (Å²) in [6.45, 7) is 0.220. The molecule has 148 valence electrons. The number of carbonyl (C=O) groups excluding carboxylic acids is 1. The van der Waals surface area contributed by atoms with Gasteiger partial charge in [-0.2, -0.15) is 0 Å². The number of nitrogens with zero attached hydrogens (tertiary/aromatic N) is 2. The van der Waals surface area contributed by atoms with Crippen LogP contribution in [0.25, 0.3) is 0 Å². The minimum atomic E-state index is -1.47. The van der Waals surface area contributed by atoms with Gasteiger partial charge in [0.1, 0.15) is 12.8 Å². The van der Waals surface area contributed by atoms with Crippen molar-refractivity contribution in [3.8, 4) is 0 Å². The first-order valence-electron chi connectivity index (χ1n) is 9.18. The number of piperidine rings is 1. The van der Waals surface area contributed by atoms with Crippen molar-refractivity contribution in [2.24, 2.45) is 0 Å². The van der Waals surface area contributed by atoms with Crippen molar-refractivity contribution < 1.29 is 23.8 Å². The molecule has 0 bridgehead atoms. The Morgan fingerprint density at radius 2 is 1.68 bits per heavy atom. The van der Waals surface area contributed by atoms with Gasteiger partial charge < -0.3 is 14.7 Å². The number of likely N-dealkylation sites (tertiary alicyclic amines) is 1.